The van der Waals surface area contributed by atoms with Gasteiger partial charge in [0.25, 0.3) is 0 Å². The third-order valence-corrected chi connectivity index (χ3v) is 4.94. The van der Waals surface area contributed by atoms with E-state index in [2.05, 4.69) is 6.92 Å². The van der Waals surface area contributed by atoms with Gasteiger partial charge in [0.1, 0.15) is 5.76 Å². The molecule has 2 atom stereocenters. The van der Waals surface area contributed by atoms with Gasteiger partial charge >= 0.3 is 0 Å². The first-order valence-electron chi connectivity index (χ1n) is 9.73. The summed E-state index contributed by atoms with van der Waals surface area (Å²) in [6, 6.07) is 0. The van der Waals surface area contributed by atoms with Crippen LogP contribution in [0.5, 0.6) is 0 Å². The van der Waals surface area contributed by atoms with Crippen molar-refractivity contribution in [3.05, 3.63) is 46.5 Å². The minimum absolute atomic E-state index is 0.0682. The normalized spacial score (nSPS) is 23.6. The number of halogens is 2. The Kier molecular flexibility index (Phi) is 10.4. The van der Waals surface area contributed by atoms with Gasteiger partial charge in [-0.15, -0.1) is 0 Å². The van der Waals surface area contributed by atoms with Gasteiger partial charge in [0, 0.05) is 5.92 Å². The van der Waals surface area contributed by atoms with Crippen molar-refractivity contribution in [2.24, 2.45) is 5.92 Å². The highest BCUT2D eigenvalue weighted by molar-refractivity contribution is 5.40. The number of rotatable bonds is 9. The van der Waals surface area contributed by atoms with Crippen LogP contribution in [0.4, 0.5) is 8.78 Å². The number of methoxy groups -OCH3 is 1. The fraction of sp³-hybridized carbons (Fsp3) is 0.636. The Morgan fingerprint density at radius 3 is 2.30 bits per heavy atom. The molecular weight excluding hydrogens is 350 g/mol. The molecule has 1 aliphatic heterocycles. The van der Waals surface area contributed by atoms with Gasteiger partial charge in [-0.1, -0.05) is 19.9 Å². The monoisotopic (exact) mass is 384 g/mol. The number of hydrogen-bond acceptors (Lipinski definition) is 3. The molecule has 1 saturated heterocycles. The van der Waals surface area contributed by atoms with Gasteiger partial charge < -0.3 is 14.2 Å². The van der Waals surface area contributed by atoms with Gasteiger partial charge in [-0.25, -0.2) is 8.78 Å². The molecule has 0 spiro atoms. The summed E-state index contributed by atoms with van der Waals surface area (Å²) in [5, 5.41) is 0. The van der Waals surface area contributed by atoms with Crippen molar-refractivity contribution in [3.8, 4) is 0 Å². The maximum absolute atomic E-state index is 14.4. The van der Waals surface area contributed by atoms with E-state index >= 15 is 0 Å². The lowest BCUT2D eigenvalue weighted by Crippen LogP contribution is -2.27. The topological polar surface area (TPSA) is 27.7 Å². The average Bonchev–Trinajstić information content (AvgIpc) is 2.70. The van der Waals surface area contributed by atoms with Gasteiger partial charge in [0.05, 0.1) is 32.2 Å². The van der Waals surface area contributed by atoms with Crippen LogP contribution in [0.3, 0.4) is 0 Å². The van der Waals surface area contributed by atoms with Crippen molar-refractivity contribution in [1.29, 1.82) is 0 Å². The molecule has 0 aliphatic carbocycles. The highest BCUT2D eigenvalue weighted by Gasteiger charge is 2.20. The average molecular weight is 385 g/mol. The van der Waals surface area contributed by atoms with E-state index in [0.717, 1.165) is 31.6 Å². The second-order valence-electron chi connectivity index (χ2n) is 6.97. The van der Waals surface area contributed by atoms with E-state index in [1.54, 1.807) is 26.0 Å². The van der Waals surface area contributed by atoms with Crippen molar-refractivity contribution < 1.29 is 23.0 Å². The van der Waals surface area contributed by atoms with Crippen LogP contribution >= 0.6 is 0 Å². The number of allylic oxidation sites excluding steroid dienone is 8. The number of ether oxygens (including phenoxy) is 3. The summed E-state index contributed by atoms with van der Waals surface area (Å²) in [6.45, 7) is 10.3. The maximum Gasteiger partial charge on any atom is 0.196 e. The highest BCUT2D eigenvalue weighted by atomic mass is 19.2. The molecule has 2 unspecified atom stereocenters. The summed E-state index contributed by atoms with van der Waals surface area (Å²) in [4.78, 5) is 0. The van der Waals surface area contributed by atoms with Crippen LogP contribution in [0.2, 0.25) is 0 Å². The summed E-state index contributed by atoms with van der Waals surface area (Å²) in [7, 11) is 1.32. The fourth-order valence-corrected chi connectivity index (χ4v) is 2.94. The molecule has 0 amide bonds. The zero-order valence-electron chi connectivity index (χ0n) is 17.5. The SMILES string of the molecule is CCC(=C(F)\C(F)=C(/C)OC)/C(C)=C/C=C(\C)OCC1CCC(CC)OC1. The van der Waals surface area contributed by atoms with Crippen molar-refractivity contribution >= 4 is 0 Å². The van der Waals surface area contributed by atoms with E-state index < -0.39 is 11.7 Å². The Labute approximate surface area is 162 Å². The van der Waals surface area contributed by atoms with Crippen LogP contribution in [-0.2, 0) is 14.2 Å². The zero-order chi connectivity index (χ0) is 20.4. The molecule has 0 bridgehead atoms. The fourth-order valence-electron chi connectivity index (χ4n) is 2.94. The lowest BCUT2D eigenvalue weighted by Gasteiger charge is -2.28. The van der Waals surface area contributed by atoms with E-state index in [9.17, 15) is 8.78 Å². The van der Waals surface area contributed by atoms with E-state index in [4.69, 9.17) is 14.2 Å². The Bertz CT molecular complexity index is 595. The van der Waals surface area contributed by atoms with Crippen molar-refractivity contribution in [1.82, 2.24) is 0 Å². The summed E-state index contributed by atoms with van der Waals surface area (Å²) in [6.07, 6.45) is 7.56. The third kappa shape index (κ3) is 7.49. The Morgan fingerprint density at radius 1 is 1.07 bits per heavy atom. The molecule has 0 saturated carbocycles. The lowest BCUT2D eigenvalue weighted by atomic mass is 9.98. The molecule has 1 heterocycles. The van der Waals surface area contributed by atoms with Gasteiger partial charge in [-0.3, -0.25) is 0 Å². The highest BCUT2D eigenvalue weighted by Crippen LogP contribution is 2.28. The van der Waals surface area contributed by atoms with E-state index in [-0.39, 0.29) is 5.76 Å². The molecule has 0 aromatic carbocycles. The van der Waals surface area contributed by atoms with Crippen LogP contribution in [-0.4, -0.2) is 26.4 Å². The quantitative estimate of drug-likeness (QED) is 0.334. The van der Waals surface area contributed by atoms with Crippen molar-refractivity contribution in [2.75, 3.05) is 20.3 Å². The first-order valence-corrected chi connectivity index (χ1v) is 9.73. The molecule has 0 aromatic heterocycles. The summed E-state index contributed by atoms with van der Waals surface area (Å²) in [5.41, 5.74) is 0.975. The first-order chi connectivity index (χ1) is 12.8. The Hall–Kier alpha value is -1.62. The largest absolute Gasteiger partial charge is 0.498 e. The molecular formula is C22H34F2O3. The molecule has 0 radical (unpaired) electrons. The van der Waals surface area contributed by atoms with Gasteiger partial charge in [0.15, 0.2) is 11.7 Å². The lowest BCUT2D eigenvalue weighted by molar-refractivity contribution is -0.0349. The summed E-state index contributed by atoms with van der Waals surface area (Å²) >= 11 is 0. The van der Waals surface area contributed by atoms with Gasteiger partial charge in [-0.05, 0) is 63.7 Å². The van der Waals surface area contributed by atoms with Crippen LogP contribution < -0.4 is 0 Å². The Balaban J connectivity index is 2.71. The minimum Gasteiger partial charge on any atom is -0.498 e. The predicted octanol–water partition coefficient (Wildman–Crippen LogP) is 6.54. The minimum atomic E-state index is -0.957. The van der Waals surface area contributed by atoms with Gasteiger partial charge in [0.2, 0.25) is 0 Å². The molecule has 3 nitrogen and oxygen atoms in total. The van der Waals surface area contributed by atoms with E-state index in [1.165, 1.54) is 14.0 Å². The summed E-state index contributed by atoms with van der Waals surface area (Å²) < 4.78 is 44.8. The molecule has 1 fully saturated rings. The smallest absolute Gasteiger partial charge is 0.196 e. The molecule has 0 aromatic rings. The molecule has 154 valence electrons. The number of hydrogen-bond donors (Lipinski definition) is 0. The molecule has 27 heavy (non-hydrogen) atoms. The molecule has 1 aliphatic rings. The van der Waals surface area contributed by atoms with Gasteiger partial charge in [-0.2, -0.15) is 0 Å². The third-order valence-electron chi connectivity index (χ3n) is 4.94. The van der Waals surface area contributed by atoms with E-state index in [0.29, 0.717) is 36.2 Å². The van der Waals surface area contributed by atoms with E-state index in [1.807, 2.05) is 6.92 Å². The van der Waals surface area contributed by atoms with Crippen LogP contribution in [0, 0.1) is 5.92 Å². The molecule has 0 N–H and O–H groups in total. The second-order valence-corrected chi connectivity index (χ2v) is 6.97. The molecule has 5 heteroatoms. The standard InChI is InChI=1S/C22H34F2O3/c1-7-19-12-11-18(14-27-19)13-26-16(4)10-9-15(3)20(8-2)22(24)21(23)17(5)25-6/h9-10,18-19H,7-8,11-14H2,1-6H3/b15-9+,16-10+,21-17-,22-20-. The summed E-state index contributed by atoms with van der Waals surface area (Å²) in [5.74, 6) is -0.751. The zero-order valence-corrected chi connectivity index (χ0v) is 17.5. The van der Waals surface area contributed by atoms with Crippen molar-refractivity contribution in [3.63, 3.8) is 0 Å². The second kappa shape index (κ2) is 12.0. The van der Waals surface area contributed by atoms with Crippen molar-refractivity contribution in [2.45, 2.75) is 66.4 Å². The molecule has 1 rings (SSSR count). The Morgan fingerprint density at radius 2 is 1.78 bits per heavy atom. The maximum atomic E-state index is 14.4. The van der Waals surface area contributed by atoms with Crippen LogP contribution in [0.1, 0.15) is 60.3 Å². The van der Waals surface area contributed by atoms with Crippen LogP contribution in [0.15, 0.2) is 46.5 Å². The first kappa shape index (κ1) is 23.4. The van der Waals surface area contributed by atoms with Crippen LogP contribution in [0.25, 0.3) is 0 Å². The predicted molar refractivity (Wildman–Crippen MR) is 105 cm³/mol.